The van der Waals surface area contributed by atoms with E-state index in [1.807, 2.05) is 31.3 Å². The van der Waals surface area contributed by atoms with Gasteiger partial charge in [-0.15, -0.1) is 0 Å². The molecular formula is C14H14N4. The highest BCUT2D eigenvalue weighted by Gasteiger charge is 2.10. The van der Waals surface area contributed by atoms with E-state index in [0.717, 1.165) is 28.4 Å². The molecule has 2 heterocycles. The zero-order valence-electron chi connectivity index (χ0n) is 10.1. The van der Waals surface area contributed by atoms with E-state index in [2.05, 4.69) is 21.4 Å². The smallest absolute Gasteiger partial charge is 0.150 e. The van der Waals surface area contributed by atoms with Gasteiger partial charge in [-0.1, -0.05) is 18.2 Å². The first kappa shape index (κ1) is 10.9. The van der Waals surface area contributed by atoms with Gasteiger partial charge in [-0.2, -0.15) is 0 Å². The molecule has 0 aliphatic carbocycles. The van der Waals surface area contributed by atoms with E-state index in [9.17, 15) is 0 Å². The maximum absolute atomic E-state index is 5.99. The predicted octanol–water partition coefficient (Wildman–Crippen LogP) is 2.08. The lowest BCUT2D eigenvalue weighted by Crippen LogP contribution is -2.07. The second-order valence-electron chi connectivity index (χ2n) is 4.24. The van der Waals surface area contributed by atoms with Crippen molar-refractivity contribution in [3.63, 3.8) is 0 Å². The maximum atomic E-state index is 5.99. The fraction of sp³-hybridized carbons (Fsp3) is 0.143. The zero-order chi connectivity index (χ0) is 12.5. The third kappa shape index (κ3) is 1.58. The molecular weight excluding hydrogens is 224 g/mol. The summed E-state index contributed by atoms with van der Waals surface area (Å²) in [5.74, 6) is 0.488. The number of nitrogens with zero attached hydrogens (tertiary/aromatic N) is 2. The highest BCUT2D eigenvalue weighted by Crippen LogP contribution is 2.28. The lowest BCUT2D eigenvalue weighted by molar-refractivity contribution is 0.823. The van der Waals surface area contributed by atoms with Crippen LogP contribution in [0.5, 0.6) is 0 Å². The van der Waals surface area contributed by atoms with Gasteiger partial charge in [-0.3, -0.25) is 4.98 Å². The van der Waals surface area contributed by atoms with Gasteiger partial charge in [0.25, 0.3) is 0 Å². The normalized spacial score (nSPS) is 11.2. The van der Waals surface area contributed by atoms with Crippen LogP contribution in [0.15, 0.2) is 36.5 Å². The van der Waals surface area contributed by atoms with Gasteiger partial charge in [0, 0.05) is 23.5 Å². The summed E-state index contributed by atoms with van der Waals surface area (Å²) in [7, 11) is 1.93. The van der Waals surface area contributed by atoms with E-state index in [1.165, 1.54) is 5.56 Å². The Morgan fingerprint density at radius 2 is 2.06 bits per heavy atom. The highest BCUT2D eigenvalue weighted by atomic mass is 14.9. The van der Waals surface area contributed by atoms with Crippen LogP contribution < -0.4 is 11.1 Å². The minimum Gasteiger partial charge on any atom is -0.382 e. The summed E-state index contributed by atoms with van der Waals surface area (Å²) in [5, 5.41) is 5.36. The molecule has 0 fully saturated rings. The molecule has 0 saturated carbocycles. The minimum atomic E-state index is 0.488. The molecule has 2 aromatic heterocycles. The first-order valence-electron chi connectivity index (χ1n) is 5.87. The summed E-state index contributed by atoms with van der Waals surface area (Å²) in [4.78, 5) is 8.76. The molecule has 0 saturated heterocycles. The van der Waals surface area contributed by atoms with E-state index < -0.39 is 0 Å². The summed E-state index contributed by atoms with van der Waals surface area (Å²) >= 11 is 0. The molecule has 0 amide bonds. The van der Waals surface area contributed by atoms with Crippen molar-refractivity contribution < 1.29 is 0 Å². The number of para-hydroxylation sites is 1. The van der Waals surface area contributed by atoms with Crippen molar-refractivity contribution in [3.8, 4) is 0 Å². The Kier molecular flexibility index (Phi) is 2.57. The molecule has 4 nitrogen and oxygen atoms in total. The lowest BCUT2D eigenvalue weighted by atomic mass is 10.0. The van der Waals surface area contributed by atoms with Crippen LogP contribution in [0.25, 0.3) is 21.8 Å². The average molecular weight is 238 g/mol. The quantitative estimate of drug-likeness (QED) is 0.671. The van der Waals surface area contributed by atoms with Gasteiger partial charge in [0.05, 0.1) is 5.52 Å². The Morgan fingerprint density at radius 1 is 1.22 bits per heavy atom. The molecule has 0 radical (unpaired) electrons. The molecule has 90 valence electrons. The number of rotatable bonds is 2. The number of pyridine rings is 2. The molecule has 0 bridgehead atoms. The summed E-state index contributed by atoms with van der Waals surface area (Å²) in [5.41, 5.74) is 8.87. The molecule has 0 aliphatic rings. The molecule has 18 heavy (non-hydrogen) atoms. The van der Waals surface area contributed by atoms with Crippen LogP contribution in [0.1, 0.15) is 5.56 Å². The average Bonchev–Trinajstić information content (AvgIpc) is 2.40. The molecule has 0 spiro atoms. The standard InChI is InChI=1S/C14H14N4/c1-16-8-9-6-7-17-13-12(9)10-4-2-3-5-11(10)18-14(13)15/h2-7,16H,8H2,1H3,(H2,15,18). The molecule has 0 unspecified atom stereocenters. The number of nitrogen functional groups attached to an aromatic ring is 1. The van der Waals surface area contributed by atoms with Crippen LogP contribution in [0.3, 0.4) is 0 Å². The number of benzene rings is 1. The highest BCUT2D eigenvalue weighted by molar-refractivity contribution is 6.09. The monoisotopic (exact) mass is 238 g/mol. The zero-order valence-corrected chi connectivity index (χ0v) is 10.1. The number of hydrogen-bond donors (Lipinski definition) is 2. The van der Waals surface area contributed by atoms with Gasteiger partial charge in [-0.05, 0) is 24.7 Å². The van der Waals surface area contributed by atoms with Crippen LogP contribution in [-0.4, -0.2) is 17.0 Å². The molecule has 4 heteroatoms. The van der Waals surface area contributed by atoms with Gasteiger partial charge < -0.3 is 11.1 Å². The molecule has 3 aromatic rings. The summed E-state index contributed by atoms with van der Waals surface area (Å²) in [6, 6.07) is 10.0. The number of nitrogens with one attached hydrogen (secondary N) is 1. The largest absolute Gasteiger partial charge is 0.382 e. The van der Waals surface area contributed by atoms with Crippen LogP contribution in [0.4, 0.5) is 5.82 Å². The van der Waals surface area contributed by atoms with E-state index in [0.29, 0.717) is 5.82 Å². The Hall–Kier alpha value is -2.20. The Balaban J connectivity index is 2.51. The van der Waals surface area contributed by atoms with E-state index in [-0.39, 0.29) is 0 Å². The second-order valence-corrected chi connectivity index (χ2v) is 4.24. The Labute approximate surface area is 105 Å². The summed E-state index contributed by atoms with van der Waals surface area (Å²) < 4.78 is 0. The maximum Gasteiger partial charge on any atom is 0.150 e. The first-order chi connectivity index (χ1) is 8.81. The Bertz CT molecular complexity index is 721. The van der Waals surface area contributed by atoms with Gasteiger partial charge in [0.2, 0.25) is 0 Å². The molecule has 3 N–H and O–H groups in total. The first-order valence-corrected chi connectivity index (χ1v) is 5.87. The summed E-state index contributed by atoms with van der Waals surface area (Å²) in [6.45, 7) is 0.784. The van der Waals surface area contributed by atoms with E-state index in [4.69, 9.17) is 5.73 Å². The van der Waals surface area contributed by atoms with Crippen LogP contribution in [0.2, 0.25) is 0 Å². The van der Waals surface area contributed by atoms with Crippen LogP contribution >= 0.6 is 0 Å². The van der Waals surface area contributed by atoms with Crippen molar-refractivity contribution in [1.29, 1.82) is 0 Å². The molecule has 0 atom stereocenters. The van der Waals surface area contributed by atoms with Crippen molar-refractivity contribution in [3.05, 3.63) is 42.1 Å². The molecule has 3 rings (SSSR count). The van der Waals surface area contributed by atoms with Crippen molar-refractivity contribution in [1.82, 2.24) is 15.3 Å². The number of fused-ring (bicyclic) bond motifs is 3. The van der Waals surface area contributed by atoms with Gasteiger partial charge in [-0.25, -0.2) is 4.98 Å². The van der Waals surface area contributed by atoms with Gasteiger partial charge in [0.15, 0.2) is 5.82 Å². The predicted molar refractivity (Wildman–Crippen MR) is 74.2 cm³/mol. The Morgan fingerprint density at radius 3 is 2.89 bits per heavy atom. The number of hydrogen-bond acceptors (Lipinski definition) is 4. The van der Waals surface area contributed by atoms with Crippen LogP contribution in [0, 0.1) is 0 Å². The van der Waals surface area contributed by atoms with Gasteiger partial charge >= 0.3 is 0 Å². The van der Waals surface area contributed by atoms with Crippen LogP contribution in [-0.2, 0) is 6.54 Å². The van der Waals surface area contributed by atoms with E-state index in [1.54, 1.807) is 6.20 Å². The van der Waals surface area contributed by atoms with E-state index >= 15 is 0 Å². The third-order valence-electron chi connectivity index (χ3n) is 3.06. The molecule has 1 aromatic carbocycles. The third-order valence-corrected chi connectivity index (χ3v) is 3.06. The van der Waals surface area contributed by atoms with Crippen molar-refractivity contribution in [2.75, 3.05) is 12.8 Å². The summed E-state index contributed by atoms with van der Waals surface area (Å²) in [6.07, 6.45) is 1.78. The van der Waals surface area contributed by atoms with Crippen molar-refractivity contribution in [2.24, 2.45) is 0 Å². The second kappa shape index (κ2) is 4.23. The fourth-order valence-corrected chi connectivity index (χ4v) is 2.30. The fourth-order valence-electron chi connectivity index (χ4n) is 2.30. The number of anilines is 1. The topological polar surface area (TPSA) is 63.8 Å². The molecule has 0 aliphatic heterocycles. The minimum absolute atomic E-state index is 0.488. The van der Waals surface area contributed by atoms with Gasteiger partial charge in [0.1, 0.15) is 5.52 Å². The van der Waals surface area contributed by atoms with Crippen molar-refractivity contribution in [2.45, 2.75) is 6.54 Å². The number of nitrogens with two attached hydrogens (primary N) is 1. The SMILES string of the molecule is CNCc1ccnc2c(N)nc3ccccc3c12. The number of aromatic nitrogens is 2. The lowest BCUT2D eigenvalue weighted by Gasteiger charge is -2.10. The van der Waals surface area contributed by atoms with Crippen molar-refractivity contribution >= 4 is 27.6 Å².